The number of hydrogen-bond acceptors (Lipinski definition) is 3. The third-order valence-electron chi connectivity index (χ3n) is 2.05. The smallest absolute Gasteiger partial charge is 0.312 e. The molecule has 4 heteroatoms. The fourth-order valence-corrected chi connectivity index (χ4v) is 1.22. The molecule has 1 aromatic carbocycles. The molecular weight excluding hydrogens is 182 g/mol. The SMILES string of the molecule is COc1ccc(C(CN)C(=O)O)cc1. The molecule has 0 radical (unpaired) electrons. The summed E-state index contributed by atoms with van der Waals surface area (Å²) in [5.41, 5.74) is 6.06. The van der Waals surface area contributed by atoms with E-state index >= 15 is 0 Å². The minimum absolute atomic E-state index is 0.0989. The van der Waals surface area contributed by atoms with Crippen LogP contribution >= 0.6 is 0 Å². The summed E-state index contributed by atoms with van der Waals surface area (Å²) >= 11 is 0. The number of aliphatic carboxylic acids is 1. The van der Waals surface area contributed by atoms with Gasteiger partial charge in [0.2, 0.25) is 0 Å². The Hall–Kier alpha value is -1.55. The van der Waals surface area contributed by atoms with Gasteiger partial charge in [0.15, 0.2) is 0 Å². The van der Waals surface area contributed by atoms with Crippen LogP contribution in [0.1, 0.15) is 11.5 Å². The van der Waals surface area contributed by atoms with Gasteiger partial charge in [-0.3, -0.25) is 4.79 Å². The van der Waals surface area contributed by atoms with Crippen LogP contribution in [0.2, 0.25) is 0 Å². The van der Waals surface area contributed by atoms with Crippen LogP contribution in [-0.2, 0) is 4.79 Å². The molecule has 0 saturated heterocycles. The first-order valence-electron chi connectivity index (χ1n) is 4.26. The molecule has 0 aliphatic carbocycles. The second-order valence-corrected chi connectivity index (χ2v) is 2.90. The predicted octanol–water partition coefficient (Wildman–Crippen LogP) is 0.822. The number of carboxylic acids is 1. The van der Waals surface area contributed by atoms with Crippen molar-refractivity contribution in [2.24, 2.45) is 5.73 Å². The Bertz CT molecular complexity index is 308. The Morgan fingerprint density at radius 3 is 2.43 bits per heavy atom. The number of benzene rings is 1. The van der Waals surface area contributed by atoms with E-state index in [0.717, 1.165) is 0 Å². The van der Waals surface area contributed by atoms with E-state index in [4.69, 9.17) is 15.6 Å². The molecule has 0 aliphatic rings. The highest BCUT2D eigenvalue weighted by Gasteiger charge is 2.17. The summed E-state index contributed by atoms with van der Waals surface area (Å²) < 4.78 is 4.96. The van der Waals surface area contributed by atoms with Gasteiger partial charge in [0.05, 0.1) is 13.0 Å². The standard InChI is InChI=1S/C10H13NO3/c1-14-8-4-2-7(3-5-8)9(6-11)10(12)13/h2-5,9H,6,11H2,1H3,(H,12,13). The molecule has 1 unspecified atom stereocenters. The molecule has 1 aromatic rings. The van der Waals surface area contributed by atoms with Gasteiger partial charge in [0, 0.05) is 6.54 Å². The average Bonchev–Trinajstić information content (AvgIpc) is 2.19. The first-order chi connectivity index (χ1) is 6.69. The fourth-order valence-electron chi connectivity index (χ4n) is 1.22. The van der Waals surface area contributed by atoms with Crippen LogP contribution in [0.4, 0.5) is 0 Å². The van der Waals surface area contributed by atoms with Gasteiger partial charge in [-0.25, -0.2) is 0 Å². The molecule has 0 aromatic heterocycles. The third kappa shape index (κ3) is 2.23. The van der Waals surface area contributed by atoms with Crippen molar-refractivity contribution in [3.63, 3.8) is 0 Å². The second kappa shape index (κ2) is 4.62. The van der Waals surface area contributed by atoms with Gasteiger partial charge in [-0.2, -0.15) is 0 Å². The first kappa shape index (κ1) is 10.5. The Morgan fingerprint density at radius 2 is 2.07 bits per heavy atom. The second-order valence-electron chi connectivity index (χ2n) is 2.90. The third-order valence-corrected chi connectivity index (χ3v) is 2.05. The molecule has 1 atom stereocenters. The molecule has 0 amide bonds. The van der Waals surface area contributed by atoms with Crippen LogP contribution < -0.4 is 10.5 Å². The zero-order valence-corrected chi connectivity index (χ0v) is 7.93. The van der Waals surface area contributed by atoms with E-state index in [-0.39, 0.29) is 6.54 Å². The summed E-state index contributed by atoms with van der Waals surface area (Å²) in [6.07, 6.45) is 0. The number of carboxylic acid groups (broad SMARTS) is 1. The molecule has 0 saturated carbocycles. The van der Waals surface area contributed by atoms with E-state index in [0.29, 0.717) is 11.3 Å². The Morgan fingerprint density at radius 1 is 1.50 bits per heavy atom. The topological polar surface area (TPSA) is 72.5 Å². The zero-order valence-electron chi connectivity index (χ0n) is 7.93. The van der Waals surface area contributed by atoms with E-state index in [2.05, 4.69) is 0 Å². The average molecular weight is 195 g/mol. The molecule has 3 N–H and O–H groups in total. The monoisotopic (exact) mass is 195 g/mol. The lowest BCUT2D eigenvalue weighted by Crippen LogP contribution is -2.20. The highest BCUT2D eigenvalue weighted by atomic mass is 16.5. The number of rotatable bonds is 4. The minimum atomic E-state index is -0.905. The number of ether oxygens (including phenoxy) is 1. The highest BCUT2D eigenvalue weighted by Crippen LogP contribution is 2.18. The molecular formula is C10H13NO3. The Kier molecular flexibility index (Phi) is 3.48. The number of hydrogen-bond donors (Lipinski definition) is 2. The van der Waals surface area contributed by atoms with Gasteiger partial charge in [0.25, 0.3) is 0 Å². The zero-order chi connectivity index (χ0) is 10.6. The van der Waals surface area contributed by atoms with Crippen molar-refractivity contribution in [1.82, 2.24) is 0 Å². The Balaban J connectivity index is 2.89. The quantitative estimate of drug-likeness (QED) is 0.746. The molecule has 14 heavy (non-hydrogen) atoms. The van der Waals surface area contributed by atoms with Gasteiger partial charge >= 0.3 is 5.97 Å². The maximum Gasteiger partial charge on any atom is 0.312 e. The largest absolute Gasteiger partial charge is 0.497 e. The lowest BCUT2D eigenvalue weighted by atomic mass is 9.99. The van der Waals surface area contributed by atoms with Gasteiger partial charge in [-0.15, -0.1) is 0 Å². The van der Waals surface area contributed by atoms with Gasteiger partial charge in [-0.1, -0.05) is 12.1 Å². The molecule has 0 bridgehead atoms. The van der Waals surface area contributed by atoms with Gasteiger partial charge < -0.3 is 15.6 Å². The number of carbonyl (C=O) groups is 1. The van der Waals surface area contributed by atoms with Crippen LogP contribution in [0.3, 0.4) is 0 Å². The van der Waals surface area contributed by atoms with Gasteiger partial charge in [-0.05, 0) is 17.7 Å². The highest BCUT2D eigenvalue weighted by molar-refractivity contribution is 5.76. The first-order valence-corrected chi connectivity index (χ1v) is 4.26. The molecule has 1 rings (SSSR count). The normalized spacial score (nSPS) is 12.1. The lowest BCUT2D eigenvalue weighted by Gasteiger charge is -2.10. The van der Waals surface area contributed by atoms with Crippen molar-refractivity contribution in [3.8, 4) is 5.75 Å². The van der Waals surface area contributed by atoms with Crippen molar-refractivity contribution in [2.75, 3.05) is 13.7 Å². The van der Waals surface area contributed by atoms with E-state index in [1.807, 2.05) is 0 Å². The maximum absolute atomic E-state index is 10.8. The lowest BCUT2D eigenvalue weighted by molar-refractivity contribution is -0.138. The van der Waals surface area contributed by atoms with Crippen molar-refractivity contribution < 1.29 is 14.6 Å². The van der Waals surface area contributed by atoms with Crippen molar-refractivity contribution in [2.45, 2.75) is 5.92 Å². The minimum Gasteiger partial charge on any atom is -0.497 e. The van der Waals surface area contributed by atoms with Crippen LogP contribution in [-0.4, -0.2) is 24.7 Å². The van der Waals surface area contributed by atoms with Crippen LogP contribution in [0, 0.1) is 0 Å². The van der Waals surface area contributed by atoms with Crippen molar-refractivity contribution in [3.05, 3.63) is 29.8 Å². The molecule has 0 spiro atoms. The summed E-state index contributed by atoms with van der Waals surface area (Å²) in [5.74, 6) is -0.839. The summed E-state index contributed by atoms with van der Waals surface area (Å²) in [6.45, 7) is 0.0989. The van der Waals surface area contributed by atoms with E-state index in [9.17, 15) is 4.79 Å². The Labute approximate surface area is 82.3 Å². The van der Waals surface area contributed by atoms with E-state index < -0.39 is 11.9 Å². The van der Waals surface area contributed by atoms with Crippen molar-refractivity contribution >= 4 is 5.97 Å². The maximum atomic E-state index is 10.8. The predicted molar refractivity (Wildman–Crippen MR) is 52.4 cm³/mol. The number of nitrogens with two attached hydrogens (primary N) is 1. The molecule has 0 aliphatic heterocycles. The summed E-state index contributed by atoms with van der Waals surface area (Å²) in [5, 5.41) is 8.84. The van der Waals surface area contributed by atoms with Gasteiger partial charge in [0.1, 0.15) is 5.75 Å². The summed E-state index contributed by atoms with van der Waals surface area (Å²) in [6, 6.07) is 6.87. The molecule has 0 heterocycles. The van der Waals surface area contributed by atoms with E-state index in [1.54, 1.807) is 31.4 Å². The van der Waals surface area contributed by atoms with Crippen LogP contribution in [0.25, 0.3) is 0 Å². The van der Waals surface area contributed by atoms with Crippen LogP contribution in [0.5, 0.6) is 5.75 Å². The van der Waals surface area contributed by atoms with Crippen LogP contribution in [0.15, 0.2) is 24.3 Å². The summed E-state index contributed by atoms with van der Waals surface area (Å²) in [4.78, 5) is 10.8. The molecule has 76 valence electrons. The summed E-state index contributed by atoms with van der Waals surface area (Å²) in [7, 11) is 1.56. The molecule has 0 fully saturated rings. The molecule has 4 nitrogen and oxygen atoms in total. The fraction of sp³-hybridized carbons (Fsp3) is 0.300. The van der Waals surface area contributed by atoms with Crippen molar-refractivity contribution in [1.29, 1.82) is 0 Å². The van der Waals surface area contributed by atoms with E-state index in [1.165, 1.54) is 0 Å². The number of methoxy groups -OCH3 is 1.